The van der Waals surface area contributed by atoms with Gasteiger partial charge in [0.1, 0.15) is 41.0 Å². The second-order valence-corrected chi connectivity index (χ2v) is 2.18. The Hall–Kier alpha value is 55.5. The van der Waals surface area contributed by atoms with Gasteiger partial charge in [-0.3, -0.25) is 0 Å². The Morgan fingerprint density at radius 3 is 0.190 bits per heavy atom. The molecule has 0 nitrogen and oxygen atoms in total. The number of hydrogen-bond donors (Lipinski definition) is 0. The number of hydrogen-bond acceptors (Lipinski definition) is 0. The van der Waals surface area contributed by atoms with Gasteiger partial charge in [-0.2, -0.15) is 0 Å². The molecule has 0 aromatic heterocycles. The minimum absolute atomic E-state index is 0. The van der Waals surface area contributed by atoms with Gasteiger partial charge in [-0.25, -0.2) is 13.2 Å². The first kappa shape index (κ1) is 359. The molecule has 0 saturated heterocycles. The molecule has 0 aliphatic carbocycles. The molecular formula is C6B3F3Y51. The molecule has 0 unspecified atom stereocenters. The third-order valence-electron chi connectivity index (χ3n) is 1.42. The molecule has 0 N–H and O–H groups in total. The summed E-state index contributed by atoms with van der Waals surface area (Å²) in [5.74, 6) is -3.96. The number of halogens is 3. The molecule has 1 aromatic rings. The summed E-state index contributed by atoms with van der Waals surface area (Å²) >= 11 is 0. The van der Waals surface area contributed by atoms with Crippen LogP contribution in [0.15, 0.2) is 0 Å². The Morgan fingerprint density at radius 2 is 0.159 bits per heavy atom. The van der Waals surface area contributed by atoms with Crippen molar-refractivity contribution < 1.29 is 1680 Å². The summed E-state index contributed by atoms with van der Waals surface area (Å²) in [6.45, 7) is 0. The molecule has 0 heterocycles. The largest absolute Gasteiger partial charge is 0.208 e. The summed E-state index contributed by atoms with van der Waals surface area (Å²) in [6.07, 6.45) is 0. The topological polar surface area (TPSA) is 0 Å². The maximum Gasteiger partial charge on any atom is 0.121 e. The van der Waals surface area contributed by atoms with E-state index >= 15 is 0 Å². The van der Waals surface area contributed by atoms with Crippen molar-refractivity contribution >= 4 is 39.9 Å². The third-order valence-corrected chi connectivity index (χ3v) is 1.42. The predicted molar refractivity (Wildman–Crippen MR) is 42.5 cm³/mol. The van der Waals surface area contributed by atoms with Crippen molar-refractivity contribution in [1.82, 2.24) is 0 Å². The van der Waals surface area contributed by atoms with Crippen molar-refractivity contribution in [3.8, 4) is 0 Å². The minimum atomic E-state index is -1.32. The standard InChI is InChI=1S/C6B3F3.51Y/c7-1-4(10)2(8)6(12)3(9)5(1)11;;;;;;;;;;;;;;;;;;;;;;;;;;;;;;;;;;;;;;;;;;;;;;;;;;;. The fraction of sp³-hybridized carbons (Fsp3) is 0. The van der Waals surface area contributed by atoms with Crippen molar-refractivity contribution in [2.45, 2.75) is 0 Å². The van der Waals surface area contributed by atoms with E-state index in [4.69, 9.17) is 23.5 Å². The monoisotopic (exact) mass is 4700 g/mol. The van der Waals surface area contributed by atoms with Crippen LogP contribution in [0.2, 0.25) is 0 Å². The molecule has 0 bridgehead atoms. The maximum atomic E-state index is 12.6. The second kappa shape index (κ2) is 295. The minimum Gasteiger partial charge on any atom is -0.208 e. The quantitative estimate of drug-likeness (QED) is 0.274. The van der Waals surface area contributed by atoms with Crippen LogP contribution in [0.25, 0.3) is 0 Å². The first-order chi connectivity index (χ1) is 5.46. The SMILES string of the molecule is [B]c1c(F)c([B])c(F)c([B])c1F.[Y].[Y].[Y].[Y].[Y].[Y].[Y].[Y].[Y].[Y].[Y].[Y].[Y].[Y].[Y].[Y].[Y].[Y].[Y].[Y].[Y].[Y].[Y].[Y].[Y].[Y].[Y].[Y].[Y].[Y].[Y].[Y].[Y].[Y].[Y].[Y].[Y].[Y].[Y].[Y].[Y].[Y].[Y].[Y].[Y].[Y].[Y].[Y].[Y].[Y].[Y]. The molecule has 0 atom stereocenters. The van der Waals surface area contributed by atoms with Crippen LogP contribution in [0.1, 0.15) is 0 Å². The zero-order valence-electron chi connectivity index (χ0n) is 35.3. The summed E-state index contributed by atoms with van der Waals surface area (Å²) in [5.41, 5.74) is -2.61. The van der Waals surface area contributed by atoms with Crippen LogP contribution >= 0.6 is 0 Å². The van der Waals surface area contributed by atoms with E-state index in [-0.39, 0.29) is 1670 Å². The second-order valence-electron chi connectivity index (χ2n) is 2.18. The van der Waals surface area contributed by atoms with E-state index in [9.17, 15) is 13.2 Å². The van der Waals surface area contributed by atoms with Gasteiger partial charge in [-0.15, -0.1) is 0 Å². The fourth-order valence-electron chi connectivity index (χ4n) is 0.724. The molecule has 0 aliphatic heterocycles. The van der Waals surface area contributed by atoms with Gasteiger partial charge < -0.3 is 0 Å². The van der Waals surface area contributed by atoms with E-state index in [2.05, 4.69) is 0 Å². The molecule has 57 heteroatoms. The predicted octanol–water partition coefficient (Wildman–Crippen LogP) is -1.64. The van der Waals surface area contributed by atoms with E-state index in [0.29, 0.717) is 0 Å². The molecular weight excluding hydrogens is 4700 g/mol. The summed E-state index contributed by atoms with van der Waals surface area (Å²) in [7, 11) is 14.6. The van der Waals surface area contributed by atoms with E-state index < -0.39 is 33.8 Å². The molecule has 0 spiro atoms. The van der Waals surface area contributed by atoms with E-state index in [1.54, 1.807) is 0 Å². The van der Waals surface area contributed by atoms with Gasteiger partial charge >= 0.3 is 0 Å². The average Bonchev–Trinajstić information content (AvgIpc) is 2.08. The summed E-state index contributed by atoms with van der Waals surface area (Å²) < 4.78 is 37.9. The first-order valence-corrected chi connectivity index (χ1v) is 2.93. The summed E-state index contributed by atoms with van der Waals surface area (Å²) in [5, 5.41) is 0. The van der Waals surface area contributed by atoms with Crippen molar-refractivity contribution in [1.29, 1.82) is 0 Å². The van der Waals surface area contributed by atoms with Crippen molar-refractivity contribution in [2.75, 3.05) is 0 Å². The van der Waals surface area contributed by atoms with Gasteiger partial charge in [0.25, 0.3) is 0 Å². The van der Waals surface area contributed by atoms with Crippen LogP contribution < -0.4 is 16.4 Å². The van der Waals surface area contributed by atoms with Crippen LogP contribution in [-0.4, -0.2) is 23.5 Å². The molecule has 0 aliphatic rings. The molecule has 0 saturated carbocycles. The van der Waals surface area contributed by atoms with Gasteiger partial charge in [0, 0.05) is 1670 Å². The summed E-state index contributed by atoms with van der Waals surface area (Å²) in [4.78, 5) is 0. The van der Waals surface area contributed by atoms with E-state index in [1.165, 1.54) is 0 Å². The van der Waals surface area contributed by atoms with Crippen LogP contribution in [0.5, 0.6) is 0 Å². The van der Waals surface area contributed by atoms with Crippen LogP contribution in [0.3, 0.4) is 0 Å². The molecule has 0 fully saturated rings. The Labute approximate surface area is 1670 Å². The van der Waals surface area contributed by atoms with Crippen LogP contribution in [0.4, 0.5) is 13.2 Å². The first-order valence-electron chi connectivity index (χ1n) is 2.93. The van der Waals surface area contributed by atoms with Gasteiger partial charge in [0.15, 0.2) is 0 Å². The normalized spacial score (nSPS) is 1.95. The Morgan fingerprint density at radius 1 is 0.127 bits per heavy atom. The third kappa shape index (κ3) is 248. The van der Waals surface area contributed by atoms with Crippen LogP contribution in [0, 0.1) is 17.5 Å². The van der Waals surface area contributed by atoms with Crippen LogP contribution in [-0.2, 0) is 1670 Å². The van der Waals surface area contributed by atoms with Crippen molar-refractivity contribution in [3.05, 3.63) is 17.5 Å². The smallest absolute Gasteiger partial charge is 0.121 e. The number of rotatable bonds is 0. The summed E-state index contributed by atoms with van der Waals surface area (Å²) in [6, 6.07) is 0. The maximum absolute atomic E-state index is 12.6. The molecule has 1 aromatic carbocycles. The average molecular weight is 4700 g/mol. The Bertz CT molecular complexity index is 277. The number of benzene rings is 1. The molecule has 0 amide bonds. The van der Waals surface area contributed by atoms with Gasteiger partial charge in [0.05, 0.1) is 0 Å². The molecule has 207 valence electrons. The van der Waals surface area contributed by atoms with E-state index in [0.717, 1.165) is 0 Å². The van der Waals surface area contributed by atoms with Crippen molar-refractivity contribution in [2.24, 2.45) is 0 Å². The zero-order chi connectivity index (χ0) is 9.46. The van der Waals surface area contributed by atoms with Gasteiger partial charge in [0.2, 0.25) is 0 Å². The Kier molecular flexibility index (Phi) is 1680. The fourth-order valence-corrected chi connectivity index (χ4v) is 0.724. The molecule has 1 rings (SSSR count). The zero-order valence-corrected chi connectivity index (χ0v) is 180. The molecule has 57 radical (unpaired) electrons. The molecule has 63 heavy (non-hydrogen) atoms. The van der Waals surface area contributed by atoms with Gasteiger partial charge in [-0.05, 0) is 16.4 Å². The Balaban J connectivity index is -0.000000000576. The van der Waals surface area contributed by atoms with E-state index in [1.807, 2.05) is 0 Å². The van der Waals surface area contributed by atoms with Crippen molar-refractivity contribution in [3.63, 3.8) is 0 Å². The van der Waals surface area contributed by atoms with Gasteiger partial charge in [-0.1, -0.05) is 0 Å².